The number of aryl methyl sites for hydroxylation is 2. The average Bonchev–Trinajstić information content (AvgIpc) is 3.07. The summed E-state index contributed by atoms with van der Waals surface area (Å²) in [5, 5.41) is 7.07. The number of nitrogens with one attached hydrogen (secondary N) is 1. The van der Waals surface area contributed by atoms with Crippen LogP contribution < -0.4 is 10.1 Å². The smallest absolute Gasteiger partial charge is 0.406 e. The Bertz CT molecular complexity index is 980. The van der Waals surface area contributed by atoms with Crippen molar-refractivity contribution in [2.45, 2.75) is 26.3 Å². The number of benzene rings is 1. The molecule has 0 atom stereocenters. The Kier molecular flexibility index (Phi) is 5.86. The number of hydrogen-bond donors (Lipinski definition) is 1. The van der Waals surface area contributed by atoms with Gasteiger partial charge in [-0.15, -0.1) is 13.2 Å². The lowest BCUT2D eigenvalue weighted by Gasteiger charge is -2.09. The number of rotatable bonds is 6. The summed E-state index contributed by atoms with van der Waals surface area (Å²) in [5.74, 6) is -0.522. The van der Waals surface area contributed by atoms with Gasteiger partial charge in [-0.05, 0) is 48.4 Å². The lowest BCUT2D eigenvalue weighted by atomic mass is 10.1. The van der Waals surface area contributed by atoms with Crippen molar-refractivity contribution in [2.24, 2.45) is 7.05 Å². The highest BCUT2D eigenvalue weighted by molar-refractivity contribution is 5.92. The summed E-state index contributed by atoms with van der Waals surface area (Å²) in [6, 6.07) is 10.7. The van der Waals surface area contributed by atoms with Crippen molar-refractivity contribution in [3.05, 3.63) is 65.6 Å². The van der Waals surface area contributed by atoms with Gasteiger partial charge in [0.15, 0.2) is 0 Å². The molecular weight excluding hydrogens is 385 g/mol. The molecule has 0 unspecified atom stereocenters. The molecule has 1 amide bonds. The lowest BCUT2D eigenvalue weighted by molar-refractivity contribution is -0.274. The highest BCUT2D eigenvalue weighted by atomic mass is 19.4. The first-order chi connectivity index (χ1) is 13.7. The van der Waals surface area contributed by atoms with Gasteiger partial charge in [0, 0.05) is 25.4 Å². The van der Waals surface area contributed by atoms with E-state index in [0.717, 1.165) is 17.7 Å². The van der Waals surface area contributed by atoms with E-state index in [1.807, 2.05) is 6.92 Å². The van der Waals surface area contributed by atoms with E-state index in [0.29, 0.717) is 17.0 Å². The summed E-state index contributed by atoms with van der Waals surface area (Å²) >= 11 is 0. The van der Waals surface area contributed by atoms with Gasteiger partial charge in [0.05, 0.1) is 11.4 Å². The third-order valence-corrected chi connectivity index (χ3v) is 4.19. The van der Waals surface area contributed by atoms with E-state index in [4.69, 9.17) is 0 Å². The normalized spacial score (nSPS) is 11.3. The maximum absolute atomic E-state index is 12.3. The zero-order valence-electron chi connectivity index (χ0n) is 15.8. The molecule has 3 rings (SSSR count). The number of carbonyl (C=O) groups is 1. The minimum absolute atomic E-state index is 0.232. The number of aromatic nitrogens is 3. The van der Waals surface area contributed by atoms with Gasteiger partial charge in [0.25, 0.3) is 5.91 Å². The quantitative estimate of drug-likeness (QED) is 0.677. The summed E-state index contributed by atoms with van der Waals surface area (Å²) < 4.78 is 42.1. The number of alkyl halides is 3. The molecule has 0 bridgehead atoms. The molecule has 0 aliphatic carbocycles. The molecule has 2 heterocycles. The number of pyridine rings is 1. The molecule has 0 saturated heterocycles. The summed E-state index contributed by atoms with van der Waals surface area (Å²) in [5.41, 5.74) is 3.36. The minimum Gasteiger partial charge on any atom is -0.406 e. The molecule has 6 nitrogen and oxygen atoms in total. The third kappa shape index (κ3) is 5.34. The van der Waals surface area contributed by atoms with Gasteiger partial charge in [-0.1, -0.05) is 13.0 Å². The fourth-order valence-corrected chi connectivity index (χ4v) is 2.71. The lowest BCUT2D eigenvalue weighted by Crippen LogP contribution is -2.25. The predicted octanol–water partition coefficient (Wildman–Crippen LogP) is 3.87. The second-order valence-corrected chi connectivity index (χ2v) is 6.30. The van der Waals surface area contributed by atoms with Gasteiger partial charge in [-0.2, -0.15) is 5.10 Å². The third-order valence-electron chi connectivity index (χ3n) is 4.19. The van der Waals surface area contributed by atoms with Gasteiger partial charge < -0.3 is 10.1 Å². The Hall–Kier alpha value is -3.36. The van der Waals surface area contributed by atoms with Crippen molar-refractivity contribution in [3.63, 3.8) is 0 Å². The number of hydrogen-bond acceptors (Lipinski definition) is 4. The second-order valence-electron chi connectivity index (χ2n) is 6.30. The van der Waals surface area contributed by atoms with Crippen LogP contribution in [0.15, 0.2) is 48.7 Å². The number of nitrogens with zero attached hydrogens (tertiary/aromatic N) is 3. The fraction of sp³-hybridized carbons (Fsp3) is 0.250. The maximum atomic E-state index is 12.3. The first-order valence-electron chi connectivity index (χ1n) is 8.87. The molecule has 29 heavy (non-hydrogen) atoms. The van der Waals surface area contributed by atoms with Crippen molar-refractivity contribution in [2.75, 3.05) is 0 Å². The van der Waals surface area contributed by atoms with Gasteiger partial charge in [-0.3, -0.25) is 14.5 Å². The van der Waals surface area contributed by atoms with Crippen LogP contribution in [0.2, 0.25) is 0 Å². The van der Waals surface area contributed by atoms with Crippen LogP contribution in [0.4, 0.5) is 13.2 Å². The highest BCUT2D eigenvalue weighted by Gasteiger charge is 2.30. The van der Waals surface area contributed by atoms with E-state index < -0.39 is 6.36 Å². The van der Waals surface area contributed by atoms with E-state index in [-0.39, 0.29) is 18.2 Å². The molecule has 0 aliphatic rings. The number of carbonyl (C=O) groups excluding carboxylic acids is 1. The molecule has 1 aromatic carbocycles. The SMILES string of the molecule is CCc1cc(C(=O)NCc2ccc(-c3ccc(OC(F)(F)F)cc3)nc2)n(C)n1. The van der Waals surface area contributed by atoms with Crippen molar-refractivity contribution in [1.82, 2.24) is 20.1 Å². The molecule has 1 N–H and O–H groups in total. The first-order valence-corrected chi connectivity index (χ1v) is 8.87. The Morgan fingerprint density at radius 1 is 1.17 bits per heavy atom. The van der Waals surface area contributed by atoms with Crippen LogP contribution in [-0.4, -0.2) is 27.0 Å². The Balaban J connectivity index is 1.61. The molecule has 0 fully saturated rings. The van der Waals surface area contributed by atoms with Crippen LogP contribution in [-0.2, 0) is 20.0 Å². The second kappa shape index (κ2) is 8.34. The van der Waals surface area contributed by atoms with Crippen LogP contribution in [0.3, 0.4) is 0 Å². The molecule has 0 aliphatic heterocycles. The average molecular weight is 404 g/mol. The minimum atomic E-state index is -4.72. The monoisotopic (exact) mass is 404 g/mol. The molecular formula is C20H19F3N4O2. The highest BCUT2D eigenvalue weighted by Crippen LogP contribution is 2.25. The van der Waals surface area contributed by atoms with E-state index in [9.17, 15) is 18.0 Å². The van der Waals surface area contributed by atoms with Gasteiger partial charge >= 0.3 is 6.36 Å². The van der Waals surface area contributed by atoms with Crippen molar-refractivity contribution in [3.8, 4) is 17.0 Å². The Morgan fingerprint density at radius 2 is 1.90 bits per heavy atom. The summed E-state index contributed by atoms with van der Waals surface area (Å²) in [6.45, 7) is 2.26. The Morgan fingerprint density at radius 3 is 2.45 bits per heavy atom. The molecule has 0 radical (unpaired) electrons. The van der Waals surface area contributed by atoms with Gasteiger partial charge in [-0.25, -0.2) is 0 Å². The van der Waals surface area contributed by atoms with Gasteiger partial charge in [0.2, 0.25) is 0 Å². The van der Waals surface area contributed by atoms with Crippen LogP contribution >= 0.6 is 0 Å². The standard InChI is InChI=1S/C20H19F3N4O2/c1-3-15-10-18(27(2)26-15)19(28)25-12-13-4-9-17(24-11-13)14-5-7-16(8-6-14)29-20(21,22)23/h4-11H,3,12H2,1-2H3,(H,25,28). The molecule has 0 spiro atoms. The van der Waals surface area contributed by atoms with Crippen molar-refractivity contribution >= 4 is 5.91 Å². The first kappa shape index (κ1) is 20.4. The number of ether oxygens (including phenoxy) is 1. The van der Waals surface area contributed by atoms with E-state index in [1.165, 1.54) is 24.3 Å². The molecule has 2 aromatic heterocycles. The maximum Gasteiger partial charge on any atom is 0.573 e. The van der Waals surface area contributed by atoms with E-state index in [2.05, 4.69) is 20.1 Å². The molecule has 3 aromatic rings. The molecule has 0 saturated carbocycles. The number of amides is 1. The summed E-state index contributed by atoms with van der Waals surface area (Å²) in [4.78, 5) is 16.6. The summed E-state index contributed by atoms with van der Waals surface area (Å²) in [7, 11) is 1.72. The van der Waals surface area contributed by atoms with Crippen LogP contribution in [0.1, 0.15) is 28.7 Å². The molecule has 9 heteroatoms. The zero-order valence-corrected chi connectivity index (χ0v) is 15.8. The topological polar surface area (TPSA) is 69.0 Å². The van der Waals surface area contributed by atoms with Gasteiger partial charge in [0.1, 0.15) is 11.4 Å². The molecule has 152 valence electrons. The van der Waals surface area contributed by atoms with E-state index in [1.54, 1.807) is 36.1 Å². The summed E-state index contributed by atoms with van der Waals surface area (Å²) in [6.07, 6.45) is -2.37. The van der Waals surface area contributed by atoms with Crippen molar-refractivity contribution < 1.29 is 22.7 Å². The predicted molar refractivity (Wildman–Crippen MR) is 100 cm³/mol. The van der Waals surface area contributed by atoms with Crippen molar-refractivity contribution in [1.29, 1.82) is 0 Å². The Labute approximate surface area is 165 Å². The number of halogens is 3. The van der Waals surface area contributed by atoms with Crippen LogP contribution in [0.25, 0.3) is 11.3 Å². The zero-order chi connectivity index (χ0) is 21.0. The van der Waals surface area contributed by atoms with Crippen LogP contribution in [0.5, 0.6) is 5.75 Å². The van der Waals surface area contributed by atoms with E-state index >= 15 is 0 Å². The van der Waals surface area contributed by atoms with Crippen LogP contribution in [0, 0.1) is 0 Å². The fourth-order valence-electron chi connectivity index (χ4n) is 2.71. The largest absolute Gasteiger partial charge is 0.573 e.